The van der Waals surface area contributed by atoms with Gasteiger partial charge in [-0.25, -0.2) is 0 Å². The third kappa shape index (κ3) is 6.52. The van der Waals surface area contributed by atoms with Crippen molar-refractivity contribution in [3.8, 4) is 11.1 Å². The monoisotopic (exact) mass is 842 g/mol. The fraction of sp³-hybridized carbons (Fsp3) is 0.213. The Kier molecular flexibility index (Phi) is 9.30. The Hall–Kier alpha value is -6.88. The molecule has 0 radical (unpaired) electrons. The summed E-state index contributed by atoms with van der Waals surface area (Å²) in [5, 5.41) is 8.06. The molecule has 318 valence electrons. The molecule has 8 unspecified atom stereocenters. The molecule has 0 amide bonds. The van der Waals surface area contributed by atoms with Crippen molar-refractivity contribution in [1.29, 1.82) is 0 Å². The van der Waals surface area contributed by atoms with Crippen molar-refractivity contribution in [3.05, 3.63) is 244 Å². The number of nitrogens with zero attached hydrogens (tertiary/aromatic N) is 2. The maximum absolute atomic E-state index is 4.11. The van der Waals surface area contributed by atoms with Gasteiger partial charge < -0.3 is 15.1 Å². The molecular weight excluding hydrogens is 789 g/mol. The minimum atomic E-state index is -0.0650. The Balaban J connectivity index is 0.906. The van der Waals surface area contributed by atoms with Gasteiger partial charge in [0.2, 0.25) is 0 Å². The summed E-state index contributed by atoms with van der Waals surface area (Å²) in [6.07, 6.45) is 40.0. The van der Waals surface area contributed by atoms with Crippen molar-refractivity contribution >= 4 is 28.7 Å². The van der Waals surface area contributed by atoms with Gasteiger partial charge in [0, 0.05) is 34.6 Å². The molecule has 5 aromatic carbocycles. The van der Waals surface area contributed by atoms with Crippen LogP contribution < -0.4 is 20.4 Å². The lowest BCUT2D eigenvalue weighted by Gasteiger charge is -2.38. The molecule has 2 N–H and O–H groups in total. The minimum Gasteiger partial charge on any atom is -0.366 e. The summed E-state index contributed by atoms with van der Waals surface area (Å²) in [7, 11) is 0. The molecule has 5 aliphatic carbocycles. The summed E-state index contributed by atoms with van der Waals surface area (Å²) in [6, 6.07) is 41.7. The summed E-state index contributed by atoms with van der Waals surface area (Å²) in [6.45, 7) is 2.37. The standard InChI is InChI=1S/C61H54N4/c1-39-21-22-44-31-34-56-59(50(44)35-39)53-37-51-49-19-11-12-20-55(49)65(57(51)38-58(53)64(56)47-17-9-4-10-18-47)48-32-33-54-52(36-48)60(45-27-23-42(24-28-45)40-13-5-2-6-14-40)63-61(62-54)46-29-25-43(26-30-46)41-15-7-3-8-16-41/h3-5,7-17,19-34,36-39,47,49,53,55,58,60-63H,2,6,18,35H2,1H3. The van der Waals surface area contributed by atoms with Crippen molar-refractivity contribution in [1.82, 2.24) is 5.32 Å². The summed E-state index contributed by atoms with van der Waals surface area (Å²) >= 11 is 0. The van der Waals surface area contributed by atoms with Gasteiger partial charge in [0.15, 0.2) is 0 Å². The number of nitrogens with one attached hydrogen (secondary N) is 2. The molecule has 3 aliphatic heterocycles. The Morgan fingerprint density at radius 3 is 2.29 bits per heavy atom. The fourth-order valence-electron chi connectivity index (χ4n) is 12.2. The van der Waals surface area contributed by atoms with Crippen molar-refractivity contribution in [2.45, 2.75) is 68.9 Å². The van der Waals surface area contributed by atoms with Crippen LogP contribution in [0.1, 0.15) is 83.3 Å². The third-order valence-electron chi connectivity index (χ3n) is 15.3. The van der Waals surface area contributed by atoms with Crippen LogP contribution in [0.4, 0.5) is 17.1 Å². The van der Waals surface area contributed by atoms with E-state index in [0.29, 0.717) is 17.9 Å². The molecule has 1 saturated heterocycles. The first-order valence-electron chi connectivity index (χ1n) is 24.0. The van der Waals surface area contributed by atoms with Gasteiger partial charge in [-0.15, -0.1) is 0 Å². The molecule has 3 heterocycles. The van der Waals surface area contributed by atoms with E-state index in [1.54, 1.807) is 11.1 Å². The molecule has 4 nitrogen and oxygen atoms in total. The predicted octanol–water partition coefficient (Wildman–Crippen LogP) is 13.7. The fourth-order valence-corrected chi connectivity index (χ4v) is 12.2. The molecule has 5 aromatic rings. The lowest BCUT2D eigenvalue weighted by atomic mass is 9.78. The lowest BCUT2D eigenvalue weighted by molar-refractivity contribution is 0.506. The number of benzene rings is 5. The summed E-state index contributed by atoms with van der Waals surface area (Å²) in [4.78, 5) is 5.43. The van der Waals surface area contributed by atoms with Gasteiger partial charge in [-0.05, 0) is 123 Å². The van der Waals surface area contributed by atoms with Crippen LogP contribution in [0.15, 0.2) is 206 Å². The Labute approximate surface area is 383 Å². The van der Waals surface area contributed by atoms with E-state index in [4.69, 9.17) is 0 Å². The van der Waals surface area contributed by atoms with E-state index in [1.165, 1.54) is 72.8 Å². The zero-order valence-electron chi connectivity index (χ0n) is 36.9. The molecule has 65 heavy (non-hydrogen) atoms. The van der Waals surface area contributed by atoms with Crippen LogP contribution >= 0.6 is 0 Å². The molecule has 8 atom stereocenters. The predicted molar refractivity (Wildman–Crippen MR) is 271 cm³/mol. The van der Waals surface area contributed by atoms with Crippen molar-refractivity contribution in [3.63, 3.8) is 0 Å². The van der Waals surface area contributed by atoms with E-state index in [1.807, 2.05) is 0 Å². The number of allylic oxidation sites excluding steroid dienone is 10. The van der Waals surface area contributed by atoms with Crippen molar-refractivity contribution < 1.29 is 0 Å². The molecule has 4 heteroatoms. The molecular formula is C61H54N4. The van der Waals surface area contributed by atoms with E-state index in [2.05, 4.69) is 228 Å². The second kappa shape index (κ2) is 15.7. The highest BCUT2D eigenvalue weighted by atomic mass is 15.3. The topological polar surface area (TPSA) is 30.5 Å². The summed E-state index contributed by atoms with van der Waals surface area (Å²) in [5.41, 5.74) is 19.9. The molecule has 1 fully saturated rings. The van der Waals surface area contributed by atoms with Crippen LogP contribution in [0, 0.1) is 11.8 Å². The highest BCUT2D eigenvalue weighted by Crippen LogP contribution is 2.56. The Bertz CT molecular complexity index is 2990. The van der Waals surface area contributed by atoms with Crippen LogP contribution in [-0.4, -0.2) is 18.1 Å². The highest BCUT2D eigenvalue weighted by molar-refractivity contribution is 5.79. The normalized spacial score (nSPS) is 27.4. The summed E-state index contributed by atoms with van der Waals surface area (Å²) < 4.78 is 0. The maximum atomic E-state index is 4.11. The zero-order chi connectivity index (χ0) is 43.0. The van der Waals surface area contributed by atoms with Gasteiger partial charge in [0.05, 0.1) is 24.2 Å². The first-order chi connectivity index (χ1) is 32.1. The second-order valence-electron chi connectivity index (χ2n) is 19.2. The first-order valence-corrected chi connectivity index (χ1v) is 24.0. The third-order valence-corrected chi connectivity index (χ3v) is 15.3. The van der Waals surface area contributed by atoms with Gasteiger partial charge in [-0.1, -0.05) is 177 Å². The SMILES string of the molecule is CC1C=Cc2ccc3c(c2C1)C1C=C2C(=CC1N3C1C=CC=CC1)N(c1ccc3c(c1)C(c1ccc(C4=CCCC=C4)cc1)NC(c1ccc(-c4ccccc4)cc1)N3)C1C=CC=CC21. The van der Waals surface area contributed by atoms with Gasteiger partial charge in [0.1, 0.15) is 6.17 Å². The molecule has 8 aliphatic rings. The number of anilines is 3. The zero-order valence-corrected chi connectivity index (χ0v) is 36.9. The smallest absolute Gasteiger partial charge is 0.104 e. The van der Waals surface area contributed by atoms with Crippen molar-refractivity contribution in [2.75, 3.05) is 15.1 Å². The van der Waals surface area contributed by atoms with Gasteiger partial charge in [-0.3, -0.25) is 5.32 Å². The molecule has 0 spiro atoms. The average Bonchev–Trinajstić information content (AvgIpc) is 3.88. The van der Waals surface area contributed by atoms with E-state index in [-0.39, 0.29) is 30.2 Å². The van der Waals surface area contributed by atoms with Crippen LogP contribution in [-0.2, 0) is 6.42 Å². The Morgan fingerprint density at radius 2 is 1.46 bits per heavy atom. The Morgan fingerprint density at radius 1 is 0.646 bits per heavy atom. The largest absolute Gasteiger partial charge is 0.366 e. The van der Waals surface area contributed by atoms with E-state index < -0.39 is 0 Å². The quantitative estimate of drug-likeness (QED) is 0.178. The minimum absolute atomic E-state index is 0.0246. The van der Waals surface area contributed by atoms with E-state index in [0.717, 1.165) is 25.7 Å². The molecule has 0 aromatic heterocycles. The lowest BCUT2D eigenvalue weighted by Crippen LogP contribution is -2.42. The molecule has 0 saturated carbocycles. The van der Waals surface area contributed by atoms with E-state index in [9.17, 15) is 0 Å². The average molecular weight is 843 g/mol. The number of hydrogen-bond donors (Lipinski definition) is 2. The van der Waals surface area contributed by atoms with Crippen LogP contribution in [0.5, 0.6) is 0 Å². The van der Waals surface area contributed by atoms with E-state index >= 15 is 0 Å². The van der Waals surface area contributed by atoms with Gasteiger partial charge in [-0.2, -0.15) is 0 Å². The maximum Gasteiger partial charge on any atom is 0.104 e. The number of rotatable bonds is 6. The highest BCUT2D eigenvalue weighted by Gasteiger charge is 2.49. The van der Waals surface area contributed by atoms with Crippen LogP contribution in [0.3, 0.4) is 0 Å². The second-order valence-corrected chi connectivity index (χ2v) is 19.2. The van der Waals surface area contributed by atoms with Crippen LogP contribution in [0.2, 0.25) is 0 Å². The van der Waals surface area contributed by atoms with Crippen LogP contribution in [0.25, 0.3) is 22.8 Å². The number of fused-ring (bicyclic) bond motifs is 9. The molecule has 13 rings (SSSR count). The summed E-state index contributed by atoms with van der Waals surface area (Å²) in [5.74, 6) is 1.12. The van der Waals surface area contributed by atoms with Gasteiger partial charge in [0.25, 0.3) is 0 Å². The van der Waals surface area contributed by atoms with Crippen molar-refractivity contribution in [2.24, 2.45) is 11.8 Å². The first kappa shape index (κ1) is 38.6. The number of hydrogen-bond acceptors (Lipinski definition) is 4. The molecule has 0 bridgehead atoms. The van der Waals surface area contributed by atoms with Gasteiger partial charge >= 0.3 is 0 Å².